The van der Waals surface area contributed by atoms with Crippen LogP contribution in [0, 0.1) is 0 Å². The second kappa shape index (κ2) is 11.1. The Morgan fingerprint density at radius 1 is 0.383 bits per heavy atom. The number of nitrogens with zero attached hydrogens (tertiary/aromatic N) is 5. The second-order valence-electron chi connectivity index (χ2n) is 11.4. The first kappa shape index (κ1) is 26.8. The standard InChI is InChI=1S/C41H25N5O/c1-3-11-27(12-4-1)39-44-40(28-13-5-2-6-14-28)46-41(45-39)29-21-19-26(20-22-29)38-31-16-8-7-15-30(31)23-35(43-38)34-24-33-32-17-9-10-18-36(32)47-37(33)25-42-34/h1-25H. The minimum Gasteiger partial charge on any atom is -0.454 e. The Hall–Kier alpha value is -6.53. The van der Waals surface area contributed by atoms with Crippen LogP contribution >= 0.6 is 0 Å². The molecule has 0 saturated carbocycles. The van der Waals surface area contributed by atoms with Crippen molar-refractivity contribution in [3.8, 4) is 56.8 Å². The van der Waals surface area contributed by atoms with Gasteiger partial charge in [-0.05, 0) is 23.6 Å². The summed E-state index contributed by atoms with van der Waals surface area (Å²) in [5.74, 6) is 1.88. The third-order valence-corrected chi connectivity index (χ3v) is 8.38. The molecule has 0 unspecified atom stereocenters. The number of para-hydroxylation sites is 1. The molecule has 0 amide bonds. The lowest BCUT2D eigenvalue weighted by Crippen LogP contribution is -2.00. The predicted molar refractivity (Wildman–Crippen MR) is 187 cm³/mol. The first-order valence-electron chi connectivity index (χ1n) is 15.4. The molecular weight excluding hydrogens is 578 g/mol. The smallest absolute Gasteiger partial charge is 0.164 e. The number of benzene rings is 5. The van der Waals surface area contributed by atoms with E-state index in [2.05, 4.69) is 60.7 Å². The first-order valence-corrected chi connectivity index (χ1v) is 15.4. The van der Waals surface area contributed by atoms with Crippen molar-refractivity contribution in [1.82, 2.24) is 24.9 Å². The minimum atomic E-state index is 0.612. The average Bonchev–Trinajstić information content (AvgIpc) is 3.53. The summed E-state index contributed by atoms with van der Waals surface area (Å²) in [6.45, 7) is 0. The van der Waals surface area contributed by atoms with Crippen molar-refractivity contribution in [2.24, 2.45) is 0 Å². The molecule has 4 heterocycles. The fourth-order valence-electron chi connectivity index (χ4n) is 6.04. The summed E-state index contributed by atoms with van der Waals surface area (Å²) in [6, 6.07) is 48.8. The fourth-order valence-corrected chi connectivity index (χ4v) is 6.04. The van der Waals surface area contributed by atoms with Gasteiger partial charge in [0.15, 0.2) is 23.1 Å². The number of fused-ring (bicyclic) bond motifs is 4. The van der Waals surface area contributed by atoms with Crippen LogP contribution in [0.25, 0.3) is 89.5 Å². The maximum absolute atomic E-state index is 6.02. The van der Waals surface area contributed by atoms with Crippen molar-refractivity contribution in [3.63, 3.8) is 0 Å². The van der Waals surface area contributed by atoms with Crippen molar-refractivity contribution in [2.75, 3.05) is 0 Å². The van der Waals surface area contributed by atoms with Crippen molar-refractivity contribution in [2.45, 2.75) is 0 Å². The summed E-state index contributed by atoms with van der Waals surface area (Å²) in [4.78, 5) is 24.6. The molecule has 0 spiro atoms. The van der Waals surface area contributed by atoms with Crippen LogP contribution in [-0.4, -0.2) is 24.9 Å². The zero-order chi connectivity index (χ0) is 31.2. The van der Waals surface area contributed by atoms with Crippen molar-refractivity contribution in [1.29, 1.82) is 0 Å². The topological polar surface area (TPSA) is 77.6 Å². The van der Waals surface area contributed by atoms with E-state index in [1.165, 1.54) is 0 Å². The quantitative estimate of drug-likeness (QED) is 0.195. The van der Waals surface area contributed by atoms with Crippen LogP contribution < -0.4 is 0 Å². The van der Waals surface area contributed by atoms with Gasteiger partial charge in [-0.25, -0.2) is 19.9 Å². The van der Waals surface area contributed by atoms with Gasteiger partial charge >= 0.3 is 0 Å². The first-order chi connectivity index (χ1) is 23.3. The molecule has 6 heteroatoms. The van der Waals surface area contributed by atoms with Crippen LogP contribution in [0.3, 0.4) is 0 Å². The molecule has 5 aromatic carbocycles. The Balaban J connectivity index is 1.15. The van der Waals surface area contributed by atoms with Gasteiger partial charge in [-0.15, -0.1) is 0 Å². The molecule has 0 aliphatic heterocycles. The Morgan fingerprint density at radius 3 is 1.62 bits per heavy atom. The largest absolute Gasteiger partial charge is 0.454 e. The molecule has 0 radical (unpaired) electrons. The van der Waals surface area contributed by atoms with Crippen LogP contribution in [-0.2, 0) is 0 Å². The highest BCUT2D eigenvalue weighted by Gasteiger charge is 2.16. The van der Waals surface area contributed by atoms with Gasteiger partial charge in [0.2, 0.25) is 0 Å². The lowest BCUT2D eigenvalue weighted by Gasteiger charge is -2.11. The fraction of sp³-hybridized carbons (Fsp3) is 0. The molecule has 6 nitrogen and oxygen atoms in total. The lowest BCUT2D eigenvalue weighted by molar-refractivity contribution is 0.667. The Labute approximate surface area is 270 Å². The van der Waals surface area contributed by atoms with Gasteiger partial charge < -0.3 is 4.42 Å². The summed E-state index contributed by atoms with van der Waals surface area (Å²) in [6.07, 6.45) is 1.79. The molecule has 0 aliphatic rings. The van der Waals surface area contributed by atoms with Crippen LogP contribution in [0.4, 0.5) is 0 Å². The molecule has 0 saturated heterocycles. The van der Waals surface area contributed by atoms with Gasteiger partial charge in [0.05, 0.1) is 23.3 Å². The van der Waals surface area contributed by atoms with Gasteiger partial charge in [-0.3, -0.25) is 4.98 Å². The summed E-state index contributed by atoms with van der Waals surface area (Å²) in [5.41, 5.74) is 7.84. The van der Waals surface area contributed by atoms with Crippen LogP contribution in [0.2, 0.25) is 0 Å². The molecule has 220 valence electrons. The van der Waals surface area contributed by atoms with E-state index in [1.807, 2.05) is 84.9 Å². The molecule has 0 N–H and O–H groups in total. The van der Waals surface area contributed by atoms with E-state index in [1.54, 1.807) is 6.20 Å². The highest BCUT2D eigenvalue weighted by Crippen LogP contribution is 2.35. The predicted octanol–water partition coefficient (Wildman–Crippen LogP) is 10.0. The zero-order valence-electron chi connectivity index (χ0n) is 25.1. The average molecular weight is 604 g/mol. The van der Waals surface area contributed by atoms with E-state index >= 15 is 0 Å². The van der Waals surface area contributed by atoms with Crippen molar-refractivity contribution >= 4 is 32.7 Å². The van der Waals surface area contributed by atoms with E-state index in [4.69, 9.17) is 29.3 Å². The number of rotatable bonds is 5. The number of pyridine rings is 2. The molecule has 4 aromatic heterocycles. The SMILES string of the molecule is c1ccc(-c2nc(-c3ccccc3)nc(-c3ccc(-c4nc(-c5cc6c(cn5)oc5ccccc56)cc5ccccc45)cc3)n2)cc1. The second-order valence-corrected chi connectivity index (χ2v) is 11.4. The molecule has 0 aliphatic carbocycles. The molecule has 47 heavy (non-hydrogen) atoms. The number of hydrogen-bond acceptors (Lipinski definition) is 6. The number of aromatic nitrogens is 5. The summed E-state index contributed by atoms with van der Waals surface area (Å²) in [5, 5.41) is 4.24. The maximum Gasteiger partial charge on any atom is 0.164 e. The summed E-state index contributed by atoms with van der Waals surface area (Å²) in [7, 11) is 0. The summed E-state index contributed by atoms with van der Waals surface area (Å²) < 4.78 is 6.02. The van der Waals surface area contributed by atoms with E-state index in [-0.39, 0.29) is 0 Å². The highest BCUT2D eigenvalue weighted by atomic mass is 16.3. The lowest BCUT2D eigenvalue weighted by atomic mass is 10.0. The Morgan fingerprint density at radius 2 is 0.936 bits per heavy atom. The Kier molecular flexibility index (Phi) is 6.35. The highest BCUT2D eigenvalue weighted by molar-refractivity contribution is 6.06. The van der Waals surface area contributed by atoms with Gasteiger partial charge in [0.25, 0.3) is 0 Å². The van der Waals surface area contributed by atoms with Crippen molar-refractivity contribution in [3.05, 3.63) is 152 Å². The molecular formula is C41H25N5O. The van der Waals surface area contributed by atoms with E-state index < -0.39 is 0 Å². The minimum absolute atomic E-state index is 0.612. The van der Waals surface area contributed by atoms with E-state index in [0.717, 1.165) is 72.0 Å². The third kappa shape index (κ3) is 4.89. The van der Waals surface area contributed by atoms with E-state index in [0.29, 0.717) is 17.5 Å². The van der Waals surface area contributed by atoms with Crippen molar-refractivity contribution < 1.29 is 4.42 Å². The number of furan rings is 1. The van der Waals surface area contributed by atoms with E-state index in [9.17, 15) is 0 Å². The maximum atomic E-state index is 6.02. The zero-order valence-corrected chi connectivity index (χ0v) is 25.1. The summed E-state index contributed by atoms with van der Waals surface area (Å²) >= 11 is 0. The van der Waals surface area contributed by atoms with Gasteiger partial charge in [-0.1, -0.05) is 127 Å². The molecule has 0 fully saturated rings. The number of hydrogen-bond donors (Lipinski definition) is 0. The normalized spacial score (nSPS) is 11.4. The van der Waals surface area contributed by atoms with Gasteiger partial charge in [-0.2, -0.15) is 0 Å². The van der Waals surface area contributed by atoms with Crippen LogP contribution in [0.1, 0.15) is 0 Å². The Bertz CT molecular complexity index is 2500. The van der Waals surface area contributed by atoms with Gasteiger partial charge in [0.1, 0.15) is 5.58 Å². The molecule has 9 aromatic rings. The molecule has 0 atom stereocenters. The molecule has 0 bridgehead atoms. The van der Waals surface area contributed by atoms with Crippen LogP contribution in [0.15, 0.2) is 156 Å². The van der Waals surface area contributed by atoms with Crippen LogP contribution in [0.5, 0.6) is 0 Å². The van der Waals surface area contributed by atoms with Gasteiger partial charge in [0, 0.05) is 38.4 Å². The third-order valence-electron chi connectivity index (χ3n) is 8.38. The monoisotopic (exact) mass is 603 g/mol. The molecule has 9 rings (SSSR count).